The van der Waals surface area contributed by atoms with Crippen LogP contribution in [0.4, 0.5) is 13.2 Å². The summed E-state index contributed by atoms with van der Waals surface area (Å²) in [6.07, 6.45) is -3.82. The quantitative estimate of drug-likeness (QED) is 0.806. The molecular weight excluding hydrogens is 303 g/mol. The minimum absolute atomic E-state index is 0.114. The molecule has 2 aromatic heterocycles. The molecule has 0 spiro atoms. The van der Waals surface area contributed by atoms with E-state index in [4.69, 9.17) is 5.73 Å². The van der Waals surface area contributed by atoms with Crippen LogP contribution in [0.25, 0.3) is 15.5 Å². The molecule has 9 heteroatoms. The first-order valence-electron chi connectivity index (χ1n) is 6.08. The monoisotopic (exact) mass is 313 g/mol. The molecule has 2 N–H and O–H groups in total. The predicted octanol–water partition coefficient (Wildman–Crippen LogP) is 2.37. The van der Waals surface area contributed by atoms with Crippen LogP contribution < -0.4 is 5.73 Å². The maximum absolute atomic E-state index is 12.7. The summed E-state index contributed by atoms with van der Waals surface area (Å²) < 4.78 is 38.9. The fourth-order valence-corrected chi connectivity index (χ4v) is 2.74. The largest absolute Gasteiger partial charge is 0.453 e. The first-order chi connectivity index (χ1) is 9.99. The van der Waals surface area contributed by atoms with E-state index in [0.717, 1.165) is 33.4 Å². The van der Waals surface area contributed by atoms with E-state index in [2.05, 4.69) is 15.3 Å². The maximum Gasteiger partial charge on any atom is 0.453 e. The zero-order valence-corrected chi connectivity index (χ0v) is 11.4. The van der Waals surface area contributed by atoms with Gasteiger partial charge in [-0.3, -0.25) is 0 Å². The molecular formula is C12H10F3N5S. The van der Waals surface area contributed by atoms with Crippen molar-refractivity contribution in [3.05, 3.63) is 35.7 Å². The number of rotatable bonds is 3. The molecule has 0 aliphatic rings. The molecule has 0 amide bonds. The number of alkyl halides is 3. The number of nitrogens with two attached hydrogens (primary N) is 1. The first-order valence-corrected chi connectivity index (χ1v) is 6.89. The Balaban J connectivity index is 1.99. The third-order valence-corrected chi connectivity index (χ3v) is 3.83. The molecule has 2 heterocycles. The van der Waals surface area contributed by atoms with E-state index in [0.29, 0.717) is 11.6 Å². The van der Waals surface area contributed by atoms with E-state index in [1.165, 1.54) is 0 Å². The van der Waals surface area contributed by atoms with E-state index in [9.17, 15) is 13.2 Å². The van der Waals surface area contributed by atoms with Gasteiger partial charge in [0.05, 0.1) is 0 Å². The van der Waals surface area contributed by atoms with Crippen LogP contribution in [0.1, 0.15) is 11.4 Å². The van der Waals surface area contributed by atoms with Gasteiger partial charge in [0.15, 0.2) is 0 Å². The van der Waals surface area contributed by atoms with Crippen LogP contribution in [0.3, 0.4) is 0 Å². The Morgan fingerprint density at radius 2 is 1.86 bits per heavy atom. The van der Waals surface area contributed by atoms with Gasteiger partial charge in [-0.1, -0.05) is 35.6 Å². The molecule has 0 aliphatic heterocycles. The van der Waals surface area contributed by atoms with E-state index < -0.39 is 12.0 Å². The Hall–Kier alpha value is -2.00. The van der Waals surface area contributed by atoms with Crippen molar-refractivity contribution in [1.29, 1.82) is 0 Å². The standard InChI is InChI=1S/C12H10F3N5S/c13-12(14,15)10-17-18-11-20(10)19-9(21-11)8-3-1-7(2-4-8)5-6-16/h1-4H,5-6,16H2. The molecule has 3 rings (SSSR count). The molecule has 3 aromatic rings. The lowest BCUT2D eigenvalue weighted by molar-refractivity contribution is -0.146. The van der Waals surface area contributed by atoms with Gasteiger partial charge in [0.1, 0.15) is 5.01 Å². The molecule has 0 saturated carbocycles. The molecule has 5 nitrogen and oxygen atoms in total. The topological polar surface area (TPSA) is 69.1 Å². The van der Waals surface area contributed by atoms with Gasteiger partial charge in [-0.2, -0.15) is 22.8 Å². The Bertz CT molecular complexity index is 759. The molecule has 110 valence electrons. The molecule has 21 heavy (non-hydrogen) atoms. The van der Waals surface area contributed by atoms with Gasteiger partial charge in [0.2, 0.25) is 4.96 Å². The highest BCUT2D eigenvalue weighted by Gasteiger charge is 2.38. The highest BCUT2D eigenvalue weighted by molar-refractivity contribution is 7.19. The Morgan fingerprint density at radius 3 is 2.48 bits per heavy atom. The van der Waals surface area contributed by atoms with Crippen LogP contribution >= 0.6 is 11.3 Å². The number of hydrogen-bond acceptors (Lipinski definition) is 5. The summed E-state index contributed by atoms with van der Waals surface area (Å²) in [6, 6.07) is 7.39. The summed E-state index contributed by atoms with van der Waals surface area (Å²) in [5.41, 5.74) is 7.27. The summed E-state index contributed by atoms with van der Waals surface area (Å²) in [5.74, 6) is -1.11. The zero-order valence-electron chi connectivity index (χ0n) is 10.6. The lowest BCUT2D eigenvalue weighted by Crippen LogP contribution is -2.11. The van der Waals surface area contributed by atoms with E-state index in [-0.39, 0.29) is 4.96 Å². The molecule has 1 aromatic carbocycles. The van der Waals surface area contributed by atoms with Crippen LogP contribution in [-0.2, 0) is 12.6 Å². The number of aromatic nitrogens is 4. The minimum atomic E-state index is -4.57. The van der Waals surface area contributed by atoms with Crippen molar-refractivity contribution in [2.75, 3.05) is 6.54 Å². The van der Waals surface area contributed by atoms with Gasteiger partial charge in [-0.05, 0) is 18.5 Å². The maximum atomic E-state index is 12.7. The number of halogens is 3. The predicted molar refractivity (Wildman–Crippen MR) is 71.9 cm³/mol. The fraction of sp³-hybridized carbons (Fsp3) is 0.250. The summed E-state index contributed by atoms with van der Waals surface area (Å²) in [6.45, 7) is 0.547. The van der Waals surface area contributed by atoms with Gasteiger partial charge in [-0.25, -0.2) is 0 Å². The van der Waals surface area contributed by atoms with Crippen molar-refractivity contribution in [2.24, 2.45) is 5.73 Å². The van der Waals surface area contributed by atoms with Crippen LogP contribution in [0.15, 0.2) is 24.3 Å². The van der Waals surface area contributed by atoms with Crippen molar-refractivity contribution in [3.8, 4) is 10.6 Å². The van der Waals surface area contributed by atoms with E-state index >= 15 is 0 Å². The second kappa shape index (κ2) is 5.08. The average Bonchev–Trinajstić information content (AvgIpc) is 2.98. The number of fused-ring (bicyclic) bond motifs is 1. The van der Waals surface area contributed by atoms with Crippen LogP contribution in [-0.4, -0.2) is 26.4 Å². The second-order valence-electron chi connectivity index (χ2n) is 4.36. The van der Waals surface area contributed by atoms with E-state index in [1.807, 2.05) is 24.3 Å². The summed E-state index contributed by atoms with van der Waals surface area (Å²) in [5, 5.41) is 11.0. The number of benzene rings is 1. The summed E-state index contributed by atoms with van der Waals surface area (Å²) >= 11 is 1.06. The minimum Gasteiger partial charge on any atom is -0.330 e. The van der Waals surface area contributed by atoms with Crippen LogP contribution in [0.2, 0.25) is 0 Å². The van der Waals surface area contributed by atoms with Crippen LogP contribution in [0, 0.1) is 0 Å². The normalized spacial score (nSPS) is 12.2. The highest BCUT2D eigenvalue weighted by atomic mass is 32.1. The van der Waals surface area contributed by atoms with Crippen molar-refractivity contribution in [3.63, 3.8) is 0 Å². The molecule has 0 atom stereocenters. The Morgan fingerprint density at radius 1 is 1.14 bits per heavy atom. The van der Waals surface area contributed by atoms with Gasteiger partial charge in [0, 0.05) is 5.56 Å². The zero-order chi connectivity index (χ0) is 15.0. The van der Waals surface area contributed by atoms with Crippen molar-refractivity contribution >= 4 is 16.3 Å². The van der Waals surface area contributed by atoms with E-state index in [1.54, 1.807) is 0 Å². The Labute approximate surface area is 121 Å². The molecule has 0 radical (unpaired) electrons. The second-order valence-corrected chi connectivity index (χ2v) is 5.31. The van der Waals surface area contributed by atoms with Crippen molar-refractivity contribution in [1.82, 2.24) is 19.8 Å². The Kier molecular flexibility index (Phi) is 3.38. The van der Waals surface area contributed by atoms with Gasteiger partial charge in [-0.15, -0.1) is 10.2 Å². The van der Waals surface area contributed by atoms with Gasteiger partial charge >= 0.3 is 6.18 Å². The summed E-state index contributed by atoms with van der Waals surface area (Å²) in [7, 11) is 0. The van der Waals surface area contributed by atoms with Crippen molar-refractivity contribution < 1.29 is 13.2 Å². The fourth-order valence-electron chi connectivity index (χ4n) is 1.89. The molecule has 0 aliphatic carbocycles. The average molecular weight is 313 g/mol. The lowest BCUT2D eigenvalue weighted by atomic mass is 10.1. The van der Waals surface area contributed by atoms with Crippen molar-refractivity contribution in [2.45, 2.75) is 12.6 Å². The summed E-state index contributed by atoms with van der Waals surface area (Å²) in [4.78, 5) is 0.114. The number of hydrogen-bond donors (Lipinski definition) is 1. The number of nitrogens with zero attached hydrogens (tertiary/aromatic N) is 4. The van der Waals surface area contributed by atoms with Gasteiger partial charge < -0.3 is 5.73 Å². The SMILES string of the molecule is NCCc1ccc(-c2nn3c(C(F)(F)F)nnc3s2)cc1. The molecule has 0 unspecified atom stereocenters. The third kappa shape index (κ3) is 2.61. The third-order valence-electron chi connectivity index (χ3n) is 2.88. The molecule has 0 bridgehead atoms. The smallest absolute Gasteiger partial charge is 0.330 e. The molecule has 0 saturated heterocycles. The highest BCUT2D eigenvalue weighted by Crippen LogP contribution is 2.31. The van der Waals surface area contributed by atoms with Crippen LogP contribution in [0.5, 0.6) is 0 Å². The first kappa shape index (κ1) is 14.0. The lowest BCUT2D eigenvalue weighted by Gasteiger charge is -2.01. The molecule has 0 fully saturated rings. The van der Waals surface area contributed by atoms with Gasteiger partial charge in [0.25, 0.3) is 5.82 Å².